The molecule has 0 bridgehead atoms. The van der Waals surface area contributed by atoms with Crippen molar-refractivity contribution in [2.45, 2.75) is 27.7 Å². The van der Waals surface area contributed by atoms with Crippen LogP contribution in [0.25, 0.3) is 0 Å². The van der Waals surface area contributed by atoms with Crippen LogP contribution in [-0.2, 0) is 53.3 Å². The van der Waals surface area contributed by atoms with E-state index in [9.17, 15) is 0 Å². The van der Waals surface area contributed by atoms with Crippen LogP contribution in [0.4, 0.5) is 0 Å². The van der Waals surface area contributed by atoms with E-state index in [0.717, 1.165) is 27.7 Å². The number of carboxylic acids is 4. The van der Waals surface area contributed by atoms with Gasteiger partial charge in [-0.05, 0) is 27.7 Å². The van der Waals surface area contributed by atoms with E-state index in [1.807, 2.05) is 0 Å². The number of carbonyl (C=O) groups is 4. The number of rotatable bonds is 1. The molecule has 0 saturated heterocycles. The normalized spacial score (nSPS) is 5.91. The molecule has 0 unspecified atom stereocenters. The SMILES string of the molecule is CC(=O)[O-].CC(=O)[O-].CC(=O)[O-].CC(=O)[O-].NCCN.[Mn+2].[Mn+2]. The fourth-order valence-electron chi connectivity index (χ4n) is 0. The Balaban J connectivity index is -0.0000000250. The van der Waals surface area contributed by atoms with E-state index >= 15 is 0 Å². The Hall–Kier alpha value is -1.16. The summed E-state index contributed by atoms with van der Waals surface area (Å²) in [6.07, 6.45) is 0. The predicted molar refractivity (Wildman–Crippen MR) is 60.8 cm³/mol. The van der Waals surface area contributed by atoms with Gasteiger partial charge in [0.25, 0.3) is 0 Å². The first-order valence-electron chi connectivity index (χ1n) is 4.95. The van der Waals surface area contributed by atoms with Gasteiger partial charge in [0.15, 0.2) is 0 Å². The number of nitrogens with two attached hydrogens (primary N) is 2. The van der Waals surface area contributed by atoms with Gasteiger partial charge in [0.05, 0.1) is 0 Å². The van der Waals surface area contributed by atoms with E-state index in [4.69, 9.17) is 51.1 Å². The van der Waals surface area contributed by atoms with Crippen LogP contribution in [0.2, 0.25) is 0 Å². The monoisotopic (exact) mass is 406 g/mol. The van der Waals surface area contributed by atoms with Crippen LogP contribution in [0.3, 0.4) is 0 Å². The zero-order valence-corrected chi connectivity index (χ0v) is 15.0. The van der Waals surface area contributed by atoms with E-state index in [0.29, 0.717) is 13.1 Å². The van der Waals surface area contributed by atoms with Crippen molar-refractivity contribution < 1.29 is 73.7 Å². The maximum atomic E-state index is 8.89. The molecule has 0 spiro atoms. The Labute approximate surface area is 150 Å². The summed E-state index contributed by atoms with van der Waals surface area (Å²) in [4.78, 5) is 35.6. The smallest absolute Gasteiger partial charge is 0.550 e. The minimum Gasteiger partial charge on any atom is -0.550 e. The van der Waals surface area contributed by atoms with Crippen molar-refractivity contribution in [1.82, 2.24) is 0 Å². The van der Waals surface area contributed by atoms with Crippen LogP contribution in [-0.4, -0.2) is 37.0 Å². The summed E-state index contributed by atoms with van der Waals surface area (Å²) in [7, 11) is 0. The van der Waals surface area contributed by atoms with Gasteiger partial charge < -0.3 is 51.1 Å². The Morgan fingerprint density at radius 1 is 0.591 bits per heavy atom. The summed E-state index contributed by atoms with van der Waals surface area (Å²) in [5.74, 6) is -4.33. The second-order valence-corrected chi connectivity index (χ2v) is 2.54. The first-order chi connectivity index (χ1) is 8.84. The first kappa shape index (κ1) is 42.8. The summed E-state index contributed by atoms with van der Waals surface area (Å²) in [6, 6.07) is 0. The Bertz CT molecular complexity index is 199. The second kappa shape index (κ2) is 42.7. The van der Waals surface area contributed by atoms with E-state index in [1.54, 1.807) is 0 Å². The van der Waals surface area contributed by atoms with Gasteiger partial charge in [-0.2, -0.15) is 0 Å². The largest absolute Gasteiger partial charge is 2.00 e. The standard InChI is InChI=1S/C2H8N2.4C2H4O2.2Mn/c3-1-2-4;4*1-2(3)4;;/h1-4H2;4*1H3,(H,3,4);;/q;;;;;2*+2/p-4. The molecule has 0 saturated carbocycles. The van der Waals surface area contributed by atoms with Crippen molar-refractivity contribution in [3.63, 3.8) is 0 Å². The van der Waals surface area contributed by atoms with Crippen molar-refractivity contribution >= 4 is 23.9 Å². The third-order valence-electron chi connectivity index (χ3n) is 0.167. The third-order valence-corrected chi connectivity index (χ3v) is 0.167. The minimum absolute atomic E-state index is 0. The van der Waals surface area contributed by atoms with Gasteiger partial charge in [-0.25, -0.2) is 0 Å². The van der Waals surface area contributed by atoms with E-state index in [2.05, 4.69) is 0 Å². The van der Waals surface area contributed by atoms with E-state index < -0.39 is 23.9 Å². The molecule has 132 valence electrons. The number of aliphatic carboxylic acids is 4. The molecule has 0 atom stereocenters. The van der Waals surface area contributed by atoms with Gasteiger partial charge in [0, 0.05) is 37.0 Å². The summed E-state index contributed by atoms with van der Waals surface area (Å²) in [5.41, 5.74) is 9.81. The van der Waals surface area contributed by atoms with Gasteiger partial charge in [-0.1, -0.05) is 0 Å². The summed E-state index contributed by atoms with van der Waals surface area (Å²) < 4.78 is 0. The molecule has 0 aliphatic heterocycles. The molecule has 0 aliphatic carbocycles. The molecule has 0 heterocycles. The average molecular weight is 406 g/mol. The number of carboxylic acid groups (broad SMARTS) is 4. The molecule has 0 aromatic carbocycles. The molecule has 2 radical (unpaired) electrons. The molecule has 0 aromatic rings. The molecule has 0 rings (SSSR count). The van der Waals surface area contributed by atoms with Crippen molar-refractivity contribution in [2.75, 3.05) is 13.1 Å². The van der Waals surface area contributed by atoms with Crippen molar-refractivity contribution in [1.29, 1.82) is 0 Å². The number of carbonyl (C=O) groups excluding carboxylic acids is 4. The molecule has 0 fully saturated rings. The van der Waals surface area contributed by atoms with E-state index in [-0.39, 0.29) is 34.1 Å². The molecular formula is C10H20Mn2N2O8. The number of hydrogen-bond acceptors (Lipinski definition) is 10. The van der Waals surface area contributed by atoms with Crippen LogP contribution in [0.15, 0.2) is 0 Å². The quantitative estimate of drug-likeness (QED) is 0.393. The zero-order chi connectivity index (χ0) is 17.7. The van der Waals surface area contributed by atoms with Crippen LogP contribution in [0.5, 0.6) is 0 Å². The van der Waals surface area contributed by atoms with Crippen LogP contribution in [0, 0.1) is 0 Å². The molecule has 0 aromatic heterocycles. The molecule has 4 N–H and O–H groups in total. The first-order valence-corrected chi connectivity index (χ1v) is 4.95. The maximum Gasteiger partial charge on any atom is 2.00 e. The summed E-state index contributed by atoms with van der Waals surface area (Å²) in [6.45, 7) is 5.08. The fraction of sp³-hybridized carbons (Fsp3) is 0.600. The molecule has 10 nitrogen and oxygen atoms in total. The molecular weight excluding hydrogens is 386 g/mol. The van der Waals surface area contributed by atoms with Crippen LogP contribution in [0.1, 0.15) is 27.7 Å². The van der Waals surface area contributed by atoms with Gasteiger partial charge in [-0.3, -0.25) is 0 Å². The molecule has 12 heteroatoms. The zero-order valence-electron chi connectivity index (χ0n) is 12.6. The van der Waals surface area contributed by atoms with E-state index in [1.165, 1.54) is 0 Å². The number of hydrogen-bond donors (Lipinski definition) is 2. The minimum atomic E-state index is -1.08. The molecule has 22 heavy (non-hydrogen) atoms. The van der Waals surface area contributed by atoms with Crippen LogP contribution >= 0.6 is 0 Å². The predicted octanol–water partition coefficient (Wildman–Crippen LogP) is -6.08. The van der Waals surface area contributed by atoms with Gasteiger partial charge in [-0.15, -0.1) is 0 Å². The Kier molecular flexibility index (Phi) is 83.1. The summed E-state index contributed by atoms with van der Waals surface area (Å²) >= 11 is 0. The fourth-order valence-corrected chi connectivity index (χ4v) is 0. The van der Waals surface area contributed by atoms with Crippen molar-refractivity contribution in [2.24, 2.45) is 11.5 Å². The van der Waals surface area contributed by atoms with Gasteiger partial charge >= 0.3 is 34.1 Å². The topological polar surface area (TPSA) is 213 Å². The van der Waals surface area contributed by atoms with Crippen molar-refractivity contribution in [3.05, 3.63) is 0 Å². The molecule has 0 amide bonds. The van der Waals surface area contributed by atoms with Gasteiger partial charge in [0.1, 0.15) is 0 Å². The van der Waals surface area contributed by atoms with Gasteiger partial charge in [0.2, 0.25) is 0 Å². The maximum absolute atomic E-state index is 8.89. The Morgan fingerprint density at radius 2 is 0.636 bits per heavy atom. The Morgan fingerprint density at radius 3 is 0.636 bits per heavy atom. The third kappa shape index (κ3) is 231000. The average Bonchev–Trinajstić information content (AvgIpc) is 2.13. The second-order valence-electron chi connectivity index (χ2n) is 2.54. The molecule has 0 aliphatic rings. The summed E-state index contributed by atoms with van der Waals surface area (Å²) in [5, 5.41) is 35.6. The van der Waals surface area contributed by atoms with Crippen LogP contribution < -0.4 is 31.9 Å². The van der Waals surface area contributed by atoms with Crippen molar-refractivity contribution in [3.8, 4) is 0 Å².